The highest BCUT2D eigenvalue weighted by Crippen LogP contribution is 2.24. The fourth-order valence-corrected chi connectivity index (χ4v) is 1.99. The van der Waals surface area contributed by atoms with E-state index in [1.165, 1.54) is 4.68 Å². The van der Waals surface area contributed by atoms with Gasteiger partial charge in [-0.25, -0.2) is 9.07 Å². The van der Waals surface area contributed by atoms with Gasteiger partial charge < -0.3 is 0 Å². The number of rotatable bonds is 5. The van der Waals surface area contributed by atoms with Gasteiger partial charge in [-0.05, 0) is 18.6 Å². The molecule has 1 aromatic heterocycles. The van der Waals surface area contributed by atoms with Gasteiger partial charge in [0.05, 0.1) is 27.6 Å². The number of alkyl halides is 1. The Morgan fingerprint density at radius 3 is 2.95 bits per heavy atom. The Morgan fingerprint density at radius 1 is 1.55 bits per heavy atom. The van der Waals surface area contributed by atoms with Crippen LogP contribution in [-0.4, -0.2) is 19.9 Å². The molecule has 0 aliphatic rings. The molecule has 0 radical (unpaired) electrons. The molecule has 0 amide bonds. The zero-order chi connectivity index (χ0) is 14.7. The van der Waals surface area contributed by atoms with Crippen molar-refractivity contribution < 1.29 is 9.31 Å². The molecule has 2 rings (SSSR count). The van der Waals surface area contributed by atoms with Crippen molar-refractivity contribution in [2.24, 2.45) is 0 Å². The van der Waals surface area contributed by atoms with E-state index in [2.05, 4.69) is 26.2 Å². The van der Waals surface area contributed by atoms with Crippen molar-refractivity contribution in [2.75, 3.05) is 0 Å². The lowest BCUT2D eigenvalue weighted by Crippen LogP contribution is -2.04. The maximum Gasteiger partial charge on any atom is 0.274 e. The largest absolute Gasteiger partial charge is 0.274 e. The first-order valence-corrected chi connectivity index (χ1v) is 6.89. The molecule has 1 heterocycles. The number of nitro groups is 1. The van der Waals surface area contributed by atoms with Gasteiger partial charge in [-0.3, -0.25) is 10.1 Å². The van der Waals surface area contributed by atoms with Gasteiger partial charge in [-0.1, -0.05) is 28.1 Å². The summed E-state index contributed by atoms with van der Waals surface area (Å²) in [5.41, 5.74) is 0.870. The molecule has 1 atom stereocenters. The highest BCUT2D eigenvalue weighted by Gasteiger charge is 2.16. The van der Waals surface area contributed by atoms with Crippen molar-refractivity contribution in [2.45, 2.75) is 24.7 Å². The van der Waals surface area contributed by atoms with Gasteiger partial charge >= 0.3 is 0 Å². The number of hydrogen-bond acceptors (Lipinski definition) is 4. The maximum absolute atomic E-state index is 13.2. The summed E-state index contributed by atoms with van der Waals surface area (Å²) in [6.45, 7) is 2.10. The van der Waals surface area contributed by atoms with E-state index in [1.54, 1.807) is 6.20 Å². The lowest BCUT2D eigenvalue weighted by molar-refractivity contribution is -0.385. The van der Waals surface area contributed by atoms with Crippen LogP contribution in [0.4, 0.5) is 10.1 Å². The number of halogens is 2. The molecule has 0 aliphatic carbocycles. The first kappa shape index (κ1) is 14.6. The summed E-state index contributed by atoms with van der Waals surface area (Å²) in [4.78, 5) is 10.5. The minimum atomic E-state index is -0.536. The smallest absolute Gasteiger partial charge is 0.258 e. The van der Waals surface area contributed by atoms with E-state index in [0.29, 0.717) is 0 Å². The van der Waals surface area contributed by atoms with Crippen LogP contribution in [0, 0.1) is 15.9 Å². The highest BCUT2D eigenvalue weighted by atomic mass is 79.9. The standard InChI is InChI=1S/C12H12BrFN4O2/c1-2-10(13)11-7-17(16-15-11)6-8-5-9(14)3-4-12(8)18(19)20/h3-5,7,10H,2,6H2,1H3. The molecule has 0 spiro atoms. The van der Waals surface area contributed by atoms with Gasteiger partial charge in [0.25, 0.3) is 5.69 Å². The van der Waals surface area contributed by atoms with E-state index < -0.39 is 10.7 Å². The normalized spacial score (nSPS) is 12.3. The van der Waals surface area contributed by atoms with Gasteiger partial charge in [0.15, 0.2) is 0 Å². The predicted octanol–water partition coefficient (Wildman–Crippen LogP) is 3.22. The van der Waals surface area contributed by atoms with Crippen molar-refractivity contribution in [1.82, 2.24) is 15.0 Å². The van der Waals surface area contributed by atoms with Crippen LogP contribution in [0.1, 0.15) is 29.4 Å². The molecule has 0 aliphatic heterocycles. The molecule has 0 saturated carbocycles. The molecule has 106 valence electrons. The zero-order valence-corrected chi connectivity index (χ0v) is 12.2. The third-order valence-electron chi connectivity index (χ3n) is 2.81. The van der Waals surface area contributed by atoms with Crippen molar-refractivity contribution in [1.29, 1.82) is 0 Å². The molecule has 0 bridgehead atoms. The third-order valence-corrected chi connectivity index (χ3v) is 3.92. The molecular weight excluding hydrogens is 331 g/mol. The average molecular weight is 343 g/mol. The van der Waals surface area contributed by atoms with Crippen LogP contribution in [0.3, 0.4) is 0 Å². The summed E-state index contributed by atoms with van der Waals surface area (Å²) in [6.07, 6.45) is 2.54. The summed E-state index contributed by atoms with van der Waals surface area (Å²) in [5.74, 6) is -0.516. The summed E-state index contributed by atoms with van der Waals surface area (Å²) in [7, 11) is 0. The Balaban J connectivity index is 2.27. The molecule has 8 heteroatoms. The SMILES string of the molecule is CCC(Br)c1cn(Cc2cc(F)ccc2[N+](=O)[O-])nn1. The topological polar surface area (TPSA) is 73.8 Å². The van der Waals surface area contributed by atoms with Crippen molar-refractivity contribution in [3.8, 4) is 0 Å². The van der Waals surface area contributed by atoms with Crippen LogP contribution in [0.15, 0.2) is 24.4 Å². The van der Waals surface area contributed by atoms with Gasteiger partial charge in [-0.15, -0.1) is 5.10 Å². The van der Waals surface area contributed by atoms with Crippen LogP contribution in [-0.2, 0) is 6.54 Å². The Bertz CT molecular complexity index is 632. The monoisotopic (exact) mass is 342 g/mol. The Morgan fingerprint density at radius 2 is 2.30 bits per heavy atom. The minimum Gasteiger partial charge on any atom is -0.258 e. The van der Waals surface area contributed by atoms with Gasteiger partial charge in [0.1, 0.15) is 5.82 Å². The van der Waals surface area contributed by atoms with E-state index >= 15 is 0 Å². The van der Waals surface area contributed by atoms with Gasteiger partial charge in [0.2, 0.25) is 0 Å². The lowest BCUT2D eigenvalue weighted by Gasteiger charge is -2.03. The van der Waals surface area contributed by atoms with Gasteiger partial charge in [-0.2, -0.15) is 0 Å². The number of nitrogens with zero attached hydrogens (tertiary/aromatic N) is 4. The second-order valence-corrected chi connectivity index (χ2v) is 5.35. The van der Waals surface area contributed by atoms with E-state index in [0.717, 1.165) is 30.3 Å². The van der Waals surface area contributed by atoms with Crippen molar-refractivity contribution in [3.63, 3.8) is 0 Å². The number of nitro benzene ring substituents is 1. The van der Waals surface area contributed by atoms with E-state index in [4.69, 9.17) is 0 Å². The zero-order valence-electron chi connectivity index (χ0n) is 10.7. The molecule has 6 nitrogen and oxygen atoms in total. The molecule has 20 heavy (non-hydrogen) atoms. The Hall–Kier alpha value is -1.83. The maximum atomic E-state index is 13.2. The van der Waals surface area contributed by atoms with Gasteiger partial charge in [0, 0.05) is 12.3 Å². The average Bonchev–Trinajstić information content (AvgIpc) is 2.86. The van der Waals surface area contributed by atoms with E-state index in [-0.39, 0.29) is 22.6 Å². The first-order chi connectivity index (χ1) is 9.51. The van der Waals surface area contributed by atoms with Crippen LogP contribution in [0.25, 0.3) is 0 Å². The second kappa shape index (κ2) is 6.08. The number of hydrogen-bond donors (Lipinski definition) is 0. The first-order valence-electron chi connectivity index (χ1n) is 5.98. The minimum absolute atomic E-state index is 0.0822. The number of benzene rings is 1. The molecule has 1 unspecified atom stereocenters. The second-order valence-electron chi connectivity index (χ2n) is 4.25. The number of aromatic nitrogens is 3. The Kier molecular flexibility index (Phi) is 4.43. The summed E-state index contributed by atoms with van der Waals surface area (Å²) >= 11 is 3.45. The summed E-state index contributed by atoms with van der Waals surface area (Å²) < 4.78 is 14.7. The van der Waals surface area contributed by atoms with E-state index in [9.17, 15) is 14.5 Å². The molecule has 2 aromatic rings. The fourth-order valence-electron chi connectivity index (χ4n) is 1.78. The van der Waals surface area contributed by atoms with Crippen LogP contribution in [0.5, 0.6) is 0 Å². The summed E-state index contributed by atoms with van der Waals surface area (Å²) in [5, 5.41) is 18.8. The summed E-state index contributed by atoms with van der Waals surface area (Å²) in [6, 6.07) is 3.37. The van der Waals surface area contributed by atoms with Crippen molar-refractivity contribution in [3.05, 3.63) is 51.6 Å². The highest BCUT2D eigenvalue weighted by molar-refractivity contribution is 9.09. The lowest BCUT2D eigenvalue weighted by atomic mass is 10.1. The van der Waals surface area contributed by atoms with E-state index in [1.807, 2.05) is 6.92 Å². The van der Waals surface area contributed by atoms with Crippen LogP contribution in [0.2, 0.25) is 0 Å². The third kappa shape index (κ3) is 3.19. The van der Waals surface area contributed by atoms with Crippen LogP contribution < -0.4 is 0 Å². The molecule has 0 N–H and O–H groups in total. The molecule has 0 saturated heterocycles. The quantitative estimate of drug-likeness (QED) is 0.475. The molecular formula is C12H12BrFN4O2. The predicted molar refractivity (Wildman–Crippen MR) is 74.1 cm³/mol. The fraction of sp³-hybridized carbons (Fsp3) is 0.333. The Labute approximate surface area is 122 Å². The van der Waals surface area contributed by atoms with Crippen molar-refractivity contribution >= 4 is 21.6 Å². The molecule has 0 fully saturated rings. The van der Waals surface area contributed by atoms with Crippen LogP contribution >= 0.6 is 15.9 Å². The molecule has 1 aromatic carbocycles.